The van der Waals surface area contributed by atoms with Gasteiger partial charge in [-0.2, -0.15) is 15.6 Å². The van der Waals surface area contributed by atoms with Gasteiger partial charge in [0.15, 0.2) is 0 Å². The first kappa shape index (κ1) is 24.0. The van der Waals surface area contributed by atoms with Crippen molar-refractivity contribution < 1.29 is 109 Å². The van der Waals surface area contributed by atoms with E-state index in [9.17, 15) is 0 Å². The number of phosphoric acid groups is 2. The molecule has 0 aliphatic heterocycles. The Labute approximate surface area is 123 Å². The van der Waals surface area contributed by atoms with Crippen LogP contribution in [0.15, 0.2) is 0 Å². The van der Waals surface area contributed by atoms with Crippen molar-refractivity contribution in [3.63, 3.8) is 0 Å². The van der Waals surface area contributed by atoms with Gasteiger partial charge in [-0.1, -0.05) is 0 Å². The monoisotopic (exact) mass is 444 g/mol. The maximum Gasteiger partial charge on any atom is 3.00 e. The summed E-state index contributed by atoms with van der Waals surface area (Å²) in [5.74, 6) is 0. The van der Waals surface area contributed by atoms with Crippen LogP contribution < -0.4 is 29.4 Å². The van der Waals surface area contributed by atoms with Crippen molar-refractivity contribution in [2.24, 2.45) is 0 Å². The Morgan fingerprint density at radius 1 is 0.667 bits per heavy atom. The van der Waals surface area contributed by atoms with Crippen LogP contribution in [0.5, 0.6) is 0 Å². The molecule has 0 heterocycles. The van der Waals surface area contributed by atoms with Gasteiger partial charge in [0.2, 0.25) is 0 Å². The van der Waals surface area contributed by atoms with E-state index < -0.39 is 15.6 Å². The van der Waals surface area contributed by atoms with E-state index >= 15 is 0 Å². The van der Waals surface area contributed by atoms with E-state index in [0.717, 1.165) is 0 Å². The zero-order chi connectivity index (χ0) is 9.00. The molecule has 0 spiro atoms. The third-order valence-electron chi connectivity index (χ3n) is 0. The SMILES string of the molecule is O=P([O-])([O-])[O-].O=P([O-])([O-])[O-].[Ho+3].[Y+3]. The number of hydrogen-bond donors (Lipinski definition) is 0. The van der Waals surface area contributed by atoms with Gasteiger partial charge < -0.3 is 38.5 Å². The van der Waals surface area contributed by atoms with E-state index in [0.29, 0.717) is 0 Å². The van der Waals surface area contributed by atoms with Crippen LogP contribution in [0.25, 0.3) is 0 Å². The van der Waals surface area contributed by atoms with Gasteiger partial charge in [-0.3, -0.25) is 0 Å². The fraction of sp³-hybridized carbons (Fsp3) is 0. The Morgan fingerprint density at radius 2 is 0.667 bits per heavy atom. The quantitative estimate of drug-likeness (QED) is 0.263. The minimum atomic E-state index is -5.39. The van der Waals surface area contributed by atoms with Crippen molar-refractivity contribution >= 4 is 15.6 Å². The van der Waals surface area contributed by atoms with Crippen molar-refractivity contribution in [1.29, 1.82) is 0 Å². The molecule has 12 heavy (non-hydrogen) atoms. The molecule has 0 saturated carbocycles. The van der Waals surface area contributed by atoms with Crippen LogP contribution in [0.2, 0.25) is 0 Å². The normalized spacial score (nSPS) is 9.83. The molecule has 0 bridgehead atoms. The summed E-state index contributed by atoms with van der Waals surface area (Å²) in [4.78, 5) is 51.3. The van der Waals surface area contributed by atoms with E-state index in [2.05, 4.69) is 0 Å². The standard InChI is InChI=1S/Ho.2H3O4P.Y/c;2*1-5(2,3)4;/h;2*(H3,1,2,3,4);/q+3;;;+3/p-6. The van der Waals surface area contributed by atoms with E-state index in [1.807, 2.05) is 0 Å². The van der Waals surface area contributed by atoms with Crippen molar-refractivity contribution in [3.05, 3.63) is 0 Å². The van der Waals surface area contributed by atoms with Gasteiger partial charge >= 0.3 is 70.4 Å². The van der Waals surface area contributed by atoms with Crippen LogP contribution in [-0.4, -0.2) is 0 Å². The largest absolute Gasteiger partial charge is 3.00 e. The first-order valence-electron chi connectivity index (χ1n) is 1.46. The van der Waals surface area contributed by atoms with Crippen molar-refractivity contribution in [2.45, 2.75) is 0 Å². The molecule has 0 radical (unpaired) electrons. The molecule has 72 valence electrons. The van der Waals surface area contributed by atoms with Crippen LogP contribution in [0, 0.1) is 37.7 Å². The molecule has 0 aromatic carbocycles. The van der Waals surface area contributed by atoms with Gasteiger partial charge in [-0.25, -0.2) is 0 Å². The fourth-order valence-electron chi connectivity index (χ4n) is 0. The molecule has 0 aliphatic rings. The van der Waals surface area contributed by atoms with Gasteiger partial charge in [-0.05, 0) is 0 Å². The molecule has 8 nitrogen and oxygen atoms in total. The molecule has 0 saturated heterocycles. The molecule has 12 heteroatoms. The molecule has 0 amide bonds. The topological polar surface area (TPSA) is 172 Å². The van der Waals surface area contributed by atoms with E-state index in [1.165, 1.54) is 0 Å². The average Bonchev–Trinajstić information content (AvgIpc) is 1.12. The van der Waals surface area contributed by atoms with Crippen molar-refractivity contribution in [2.75, 3.05) is 0 Å². The first-order valence-corrected chi connectivity index (χ1v) is 4.38. The van der Waals surface area contributed by atoms with Gasteiger partial charge in [0.1, 0.15) is 0 Å². The van der Waals surface area contributed by atoms with Crippen LogP contribution in [0.3, 0.4) is 0 Å². The molecule has 0 rings (SSSR count). The van der Waals surface area contributed by atoms with Crippen molar-refractivity contribution in [3.8, 4) is 0 Å². The zero-order valence-corrected chi connectivity index (χ0v) is 11.6. The third kappa shape index (κ3) is 253. The molecule has 0 aromatic heterocycles. The second-order valence-corrected chi connectivity index (χ2v) is 2.68. The van der Waals surface area contributed by atoms with Crippen LogP contribution in [-0.2, 0) is 41.8 Å². The predicted octanol–water partition coefficient (Wildman–Crippen LogP) is -5.65. The minimum absolute atomic E-state index is 0. The van der Waals surface area contributed by atoms with Gasteiger partial charge in [0, 0.05) is 0 Å². The van der Waals surface area contributed by atoms with E-state index in [1.54, 1.807) is 0 Å². The van der Waals surface area contributed by atoms with E-state index in [4.69, 9.17) is 38.5 Å². The predicted molar refractivity (Wildman–Crippen MR) is 15.2 cm³/mol. The summed E-state index contributed by atoms with van der Waals surface area (Å²) in [6.07, 6.45) is 0. The molecular weight excluding hydrogens is 444 g/mol. The zero-order valence-electron chi connectivity index (χ0n) is 5.04. The second kappa shape index (κ2) is 10.1. The molecule has 0 aliphatic carbocycles. The first-order chi connectivity index (χ1) is 4.00. The Hall–Kier alpha value is 2.58. The summed E-state index contributed by atoms with van der Waals surface area (Å²) in [6.45, 7) is 0. The Kier molecular flexibility index (Phi) is 20.2. The second-order valence-electron chi connectivity index (χ2n) is 0.894. The summed E-state index contributed by atoms with van der Waals surface area (Å²) in [5.41, 5.74) is 0. The molecular formula is HoO8P2Y. The Bertz CT molecular complexity index is 129. The summed E-state index contributed by atoms with van der Waals surface area (Å²) >= 11 is 0. The van der Waals surface area contributed by atoms with Crippen molar-refractivity contribution in [1.82, 2.24) is 0 Å². The van der Waals surface area contributed by atoms with Crippen LogP contribution in [0.4, 0.5) is 0 Å². The third-order valence-corrected chi connectivity index (χ3v) is 0. The number of hydrogen-bond acceptors (Lipinski definition) is 8. The van der Waals surface area contributed by atoms with Crippen LogP contribution in [0.1, 0.15) is 0 Å². The summed E-state index contributed by atoms with van der Waals surface area (Å²) < 4.78 is 17.1. The Balaban J connectivity index is -0.0000000457. The van der Waals surface area contributed by atoms with Crippen LogP contribution >= 0.6 is 15.6 Å². The van der Waals surface area contributed by atoms with Gasteiger partial charge in [0.25, 0.3) is 0 Å². The Morgan fingerprint density at radius 3 is 0.667 bits per heavy atom. The smallest absolute Gasteiger partial charge is 0.822 e. The average molecular weight is 444 g/mol. The summed E-state index contributed by atoms with van der Waals surface area (Å²) in [6, 6.07) is 0. The number of rotatable bonds is 0. The van der Waals surface area contributed by atoms with E-state index in [-0.39, 0.29) is 70.4 Å². The molecule has 0 aromatic rings. The summed E-state index contributed by atoms with van der Waals surface area (Å²) in [5, 5.41) is 0. The molecule has 0 unspecified atom stereocenters. The maximum absolute atomic E-state index is 8.55. The van der Waals surface area contributed by atoms with Gasteiger partial charge in [-0.15, -0.1) is 0 Å². The fourth-order valence-corrected chi connectivity index (χ4v) is 0. The molecule has 0 atom stereocenters. The molecule has 0 N–H and O–H groups in total. The maximum atomic E-state index is 8.55. The summed E-state index contributed by atoms with van der Waals surface area (Å²) in [7, 11) is -10.8. The van der Waals surface area contributed by atoms with Gasteiger partial charge in [0.05, 0.1) is 0 Å². The minimum Gasteiger partial charge on any atom is -0.822 e. The molecule has 0 fully saturated rings.